The minimum Gasteiger partial charge on any atom is -0.479 e. The lowest BCUT2D eigenvalue weighted by Gasteiger charge is -2.42. The van der Waals surface area contributed by atoms with E-state index >= 15 is 8.78 Å². The number of rotatable bonds is 7. The second-order valence-corrected chi connectivity index (χ2v) is 9.82. The van der Waals surface area contributed by atoms with Crippen LogP contribution in [0.4, 0.5) is 27.9 Å². The van der Waals surface area contributed by atoms with Crippen LogP contribution in [0.1, 0.15) is 12.2 Å². The molecule has 14 heteroatoms. The highest BCUT2D eigenvalue weighted by atomic mass is 19.3. The molecule has 0 radical (unpaired) electrons. The molecule has 3 aromatic heterocycles. The summed E-state index contributed by atoms with van der Waals surface area (Å²) >= 11 is 0. The first-order chi connectivity index (χ1) is 18.7. The van der Waals surface area contributed by atoms with E-state index in [0.717, 1.165) is 12.3 Å². The van der Waals surface area contributed by atoms with Crippen molar-refractivity contribution in [3.8, 4) is 17.0 Å². The molecule has 0 aliphatic carbocycles. The Balaban J connectivity index is 1.36. The standard InChI is InChI=1S/C25H26F5N7O2/c1-12-31-22-15(26)5-13(6-19(22)36(12)9-20(29)30)21-17(28)8-37-23(21)24(38-2)33-25(34-37)32-18-3-4-35(7-16(18)27)14-10-39-11-14/h5-6,8,14,16,18,20H,3-4,7,9-11H2,1-2H3,(H,32,34)/t16-,18+/m0/s1. The van der Waals surface area contributed by atoms with Gasteiger partial charge in [-0.15, -0.1) is 5.10 Å². The van der Waals surface area contributed by atoms with Crippen LogP contribution < -0.4 is 10.1 Å². The summed E-state index contributed by atoms with van der Waals surface area (Å²) in [4.78, 5) is 10.5. The van der Waals surface area contributed by atoms with E-state index in [1.165, 1.54) is 29.2 Å². The molecule has 2 fully saturated rings. The summed E-state index contributed by atoms with van der Waals surface area (Å²) < 4.78 is 84.7. The van der Waals surface area contributed by atoms with Gasteiger partial charge in [-0.1, -0.05) is 0 Å². The van der Waals surface area contributed by atoms with Crippen molar-refractivity contribution in [2.75, 3.05) is 38.7 Å². The highest BCUT2D eigenvalue weighted by molar-refractivity contribution is 5.90. The van der Waals surface area contributed by atoms with E-state index < -0.39 is 36.8 Å². The number of nitrogens with zero attached hydrogens (tertiary/aromatic N) is 6. The van der Waals surface area contributed by atoms with E-state index in [-0.39, 0.29) is 57.9 Å². The molecule has 6 rings (SSSR count). The molecule has 4 aromatic rings. The molecule has 5 heterocycles. The average molecular weight is 552 g/mol. The minimum absolute atomic E-state index is 0.0244. The molecule has 9 nitrogen and oxygen atoms in total. The molecule has 2 aliphatic rings. The third kappa shape index (κ3) is 4.54. The molecule has 39 heavy (non-hydrogen) atoms. The number of ether oxygens (including phenoxy) is 2. The van der Waals surface area contributed by atoms with E-state index in [2.05, 4.69) is 25.3 Å². The minimum atomic E-state index is -2.69. The maximum Gasteiger partial charge on any atom is 0.256 e. The molecule has 2 aliphatic heterocycles. The molecule has 2 saturated heterocycles. The zero-order valence-electron chi connectivity index (χ0n) is 21.2. The maximum absolute atomic E-state index is 15.4. The van der Waals surface area contributed by atoms with E-state index in [1.807, 2.05) is 0 Å². The van der Waals surface area contributed by atoms with Crippen LogP contribution in [-0.4, -0.2) is 87.1 Å². The maximum atomic E-state index is 15.4. The lowest BCUT2D eigenvalue weighted by Crippen LogP contribution is -2.57. The molecular weight excluding hydrogens is 525 g/mol. The highest BCUT2D eigenvalue weighted by Crippen LogP contribution is 2.37. The van der Waals surface area contributed by atoms with Gasteiger partial charge in [0.1, 0.15) is 23.0 Å². The van der Waals surface area contributed by atoms with Gasteiger partial charge in [0.05, 0.1) is 56.2 Å². The van der Waals surface area contributed by atoms with Crippen molar-refractivity contribution in [1.82, 2.24) is 29.0 Å². The van der Waals surface area contributed by atoms with Crippen LogP contribution in [0.2, 0.25) is 0 Å². The quantitative estimate of drug-likeness (QED) is 0.350. The molecule has 208 valence electrons. The van der Waals surface area contributed by atoms with Crippen molar-refractivity contribution in [1.29, 1.82) is 0 Å². The van der Waals surface area contributed by atoms with Crippen LogP contribution >= 0.6 is 0 Å². The third-order valence-corrected chi connectivity index (χ3v) is 7.38. The van der Waals surface area contributed by atoms with Gasteiger partial charge in [-0.25, -0.2) is 31.5 Å². The van der Waals surface area contributed by atoms with Gasteiger partial charge >= 0.3 is 0 Å². The number of halogens is 5. The Kier molecular flexibility index (Phi) is 6.53. The topological polar surface area (TPSA) is 81.7 Å². The Labute approximate surface area is 219 Å². The molecule has 0 bridgehead atoms. The SMILES string of the molecule is COc1nc(N[C@@H]2CCN(C3COC3)C[C@@H]2F)nn2cc(F)c(-c3cc(F)c4nc(C)n(CC(F)F)c4c3)c12. The van der Waals surface area contributed by atoms with Gasteiger partial charge in [-0.3, -0.25) is 4.90 Å². The predicted octanol–water partition coefficient (Wildman–Crippen LogP) is 3.83. The fourth-order valence-electron chi connectivity index (χ4n) is 5.33. The van der Waals surface area contributed by atoms with Gasteiger partial charge in [-0.05, 0) is 31.0 Å². The molecule has 0 spiro atoms. The second-order valence-electron chi connectivity index (χ2n) is 9.82. The summed E-state index contributed by atoms with van der Waals surface area (Å²) in [6.07, 6.45) is -2.28. The Morgan fingerprint density at radius 1 is 1.18 bits per heavy atom. The van der Waals surface area contributed by atoms with Crippen molar-refractivity contribution in [3.05, 3.63) is 35.8 Å². The van der Waals surface area contributed by atoms with E-state index in [4.69, 9.17) is 9.47 Å². The van der Waals surface area contributed by atoms with E-state index in [1.54, 1.807) is 0 Å². The number of hydrogen-bond donors (Lipinski definition) is 1. The monoisotopic (exact) mass is 551 g/mol. The molecule has 1 N–H and O–H groups in total. The zero-order valence-corrected chi connectivity index (χ0v) is 21.2. The van der Waals surface area contributed by atoms with Crippen LogP contribution in [0, 0.1) is 18.6 Å². The fourth-order valence-corrected chi connectivity index (χ4v) is 5.33. The summed E-state index contributed by atoms with van der Waals surface area (Å²) in [6, 6.07) is 2.17. The van der Waals surface area contributed by atoms with Crippen LogP contribution in [0.15, 0.2) is 18.3 Å². The summed E-state index contributed by atoms with van der Waals surface area (Å²) in [6.45, 7) is 2.96. The first-order valence-electron chi connectivity index (χ1n) is 12.5. The Bertz CT molecular complexity index is 1540. The number of anilines is 1. The number of aromatic nitrogens is 5. The molecule has 0 saturated carbocycles. The van der Waals surface area contributed by atoms with Crippen molar-refractivity contribution < 1.29 is 31.4 Å². The molecule has 0 unspecified atom stereocenters. The first kappa shape index (κ1) is 25.7. The number of alkyl halides is 3. The summed E-state index contributed by atoms with van der Waals surface area (Å²) in [7, 11) is 1.34. The summed E-state index contributed by atoms with van der Waals surface area (Å²) in [5, 5.41) is 7.31. The number of benzene rings is 1. The fraction of sp³-hybridized carbons (Fsp3) is 0.480. The molecular formula is C25H26F5N7O2. The first-order valence-corrected chi connectivity index (χ1v) is 12.5. The summed E-state index contributed by atoms with van der Waals surface area (Å²) in [5.41, 5.74) is 0.128. The third-order valence-electron chi connectivity index (χ3n) is 7.38. The number of hydrogen-bond acceptors (Lipinski definition) is 7. The highest BCUT2D eigenvalue weighted by Gasteiger charge is 2.36. The number of fused-ring (bicyclic) bond motifs is 2. The number of methoxy groups -OCH3 is 1. The lowest BCUT2D eigenvalue weighted by atomic mass is 10.0. The van der Waals surface area contributed by atoms with Crippen molar-refractivity contribution in [2.45, 2.75) is 44.6 Å². The van der Waals surface area contributed by atoms with E-state index in [0.29, 0.717) is 26.2 Å². The molecule has 2 atom stereocenters. The number of piperidine rings is 1. The average Bonchev–Trinajstić information content (AvgIpc) is 3.35. The Morgan fingerprint density at radius 3 is 2.64 bits per heavy atom. The number of aryl methyl sites for hydroxylation is 1. The Morgan fingerprint density at radius 2 is 1.97 bits per heavy atom. The number of imidazole rings is 1. The van der Waals surface area contributed by atoms with Crippen molar-refractivity contribution in [2.24, 2.45) is 0 Å². The smallest absolute Gasteiger partial charge is 0.256 e. The van der Waals surface area contributed by atoms with Gasteiger partial charge in [-0.2, -0.15) is 4.98 Å². The van der Waals surface area contributed by atoms with Gasteiger partial charge < -0.3 is 19.4 Å². The van der Waals surface area contributed by atoms with Crippen LogP contribution in [0.5, 0.6) is 5.88 Å². The van der Waals surface area contributed by atoms with Gasteiger partial charge in [0.25, 0.3) is 6.43 Å². The van der Waals surface area contributed by atoms with E-state index in [9.17, 15) is 13.2 Å². The zero-order chi connectivity index (χ0) is 27.4. The van der Waals surface area contributed by atoms with Crippen LogP contribution in [0.25, 0.3) is 27.7 Å². The molecule has 1 aromatic carbocycles. The van der Waals surface area contributed by atoms with Gasteiger partial charge in [0.2, 0.25) is 11.8 Å². The number of nitrogens with one attached hydrogen (secondary N) is 1. The normalized spacial score (nSPS) is 20.7. The molecule has 0 amide bonds. The van der Waals surface area contributed by atoms with Crippen LogP contribution in [0.3, 0.4) is 0 Å². The van der Waals surface area contributed by atoms with Crippen molar-refractivity contribution >= 4 is 22.5 Å². The summed E-state index contributed by atoms with van der Waals surface area (Å²) in [5.74, 6) is -1.32. The lowest BCUT2D eigenvalue weighted by molar-refractivity contribution is -0.0794. The van der Waals surface area contributed by atoms with Crippen LogP contribution in [-0.2, 0) is 11.3 Å². The van der Waals surface area contributed by atoms with Crippen molar-refractivity contribution in [3.63, 3.8) is 0 Å². The number of likely N-dealkylation sites (tertiary alicyclic amines) is 1. The second kappa shape index (κ2) is 9.90. The Hall–Kier alpha value is -3.52. The van der Waals surface area contributed by atoms with Gasteiger partial charge in [0, 0.05) is 13.1 Å². The largest absolute Gasteiger partial charge is 0.479 e. The van der Waals surface area contributed by atoms with Gasteiger partial charge in [0.15, 0.2) is 11.6 Å². The predicted molar refractivity (Wildman–Crippen MR) is 132 cm³/mol.